The molecule has 1 aromatic carbocycles. The number of Topliss-reactive ketones (excluding diaryl/α,β-unsaturated/α-hetero) is 1. The zero-order valence-corrected chi connectivity index (χ0v) is 12.9. The van der Waals surface area contributed by atoms with Gasteiger partial charge in [0.1, 0.15) is 5.78 Å². The zero-order chi connectivity index (χ0) is 14.4. The van der Waals surface area contributed by atoms with Crippen LogP contribution in [0.5, 0.6) is 0 Å². The average molecular weight is 316 g/mol. The Morgan fingerprint density at radius 3 is 2.60 bits per heavy atom. The summed E-state index contributed by atoms with van der Waals surface area (Å²) in [5.41, 5.74) is 1.05. The van der Waals surface area contributed by atoms with Gasteiger partial charge in [-0.05, 0) is 24.1 Å². The van der Waals surface area contributed by atoms with Crippen LogP contribution in [0, 0.1) is 0 Å². The van der Waals surface area contributed by atoms with E-state index >= 15 is 0 Å². The molecular formula is C15H19Cl2NO2. The normalized spacial score (nSPS) is 16.3. The number of carbonyl (C=O) groups is 1. The summed E-state index contributed by atoms with van der Waals surface area (Å²) >= 11 is 11.8. The van der Waals surface area contributed by atoms with Crippen LogP contribution in [0.2, 0.25) is 10.0 Å². The van der Waals surface area contributed by atoms with Crippen molar-refractivity contribution in [3.63, 3.8) is 0 Å². The second-order valence-electron chi connectivity index (χ2n) is 4.99. The minimum absolute atomic E-state index is 0.294. The number of hydrogen-bond donors (Lipinski definition) is 0. The van der Waals surface area contributed by atoms with Gasteiger partial charge >= 0.3 is 0 Å². The molecule has 1 fully saturated rings. The highest BCUT2D eigenvalue weighted by Crippen LogP contribution is 2.23. The quantitative estimate of drug-likeness (QED) is 0.807. The van der Waals surface area contributed by atoms with Crippen LogP contribution in [0.4, 0.5) is 0 Å². The fourth-order valence-electron chi connectivity index (χ4n) is 2.21. The monoisotopic (exact) mass is 315 g/mol. The predicted octanol–water partition coefficient (Wildman–Crippen LogP) is 3.22. The fraction of sp³-hybridized carbons (Fsp3) is 0.533. The molecule has 0 radical (unpaired) electrons. The first-order chi connectivity index (χ1) is 9.65. The second kappa shape index (κ2) is 7.99. The third-order valence-corrected chi connectivity index (χ3v) is 4.23. The molecule has 0 N–H and O–H groups in total. The molecule has 0 aromatic heterocycles. The third kappa shape index (κ3) is 5.06. The number of ether oxygens (including phenoxy) is 1. The van der Waals surface area contributed by atoms with E-state index in [1.807, 2.05) is 12.1 Å². The molecule has 1 aromatic rings. The van der Waals surface area contributed by atoms with Gasteiger partial charge in [0.25, 0.3) is 0 Å². The van der Waals surface area contributed by atoms with Gasteiger partial charge in [0.15, 0.2) is 0 Å². The number of carbonyl (C=O) groups excluding carboxylic acids is 1. The van der Waals surface area contributed by atoms with Gasteiger partial charge in [-0.15, -0.1) is 0 Å². The van der Waals surface area contributed by atoms with Crippen LogP contribution in [0.15, 0.2) is 18.2 Å². The summed E-state index contributed by atoms with van der Waals surface area (Å²) < 4.78 is 5.28. The molecule has 1 aliphatic rings. The van der Waals surface area contributed by atoms with Gasteiger partial charge in [-0.25, -0.2) is 0 Å². The highest BCUT2D eigenvalue weighted by atomic mass is 35.5. The van der Waals surface area contributed by atoms with Gasteiger partial charge in [0.2, 0.25) is 0 Å². The van der Waals surface area contributed by atoms with Crippen molar-refractivity contribution in [3.05, 3.63) is 33.8 Å². The van der Waals surface area contributed by atoms with Crippen molar-refractivity contribution in [2.75, 3.05) is 32.8 Å². The maximum atomic E-state index is 11.9. The molecular weight excluding hydrogens is 297 g/mol. The van der Waals surface area contributed by atoms with E-state index in [-0.39, 0.29) is 0 Å². The van der Waals surface area contributed by atoms with E-state index in [2.05, 4.69) is 4.90 Å². The number of nitrogens with zero attached hydrogens (tertiary/aromatic N) is 1. The van der Waals surface area contributed by atoms with Crippen molar-refractivity contribution in [1.82, 2.24) is 4.90 Å². The third-order valence-electron chi connectivity index (χ3n) is 3.49. The van der Waals surface area contributed by atoms with Crippen molar-refractivity contribution in [2.45, 2.75) is 19.3 Å². The van der Waals surface area contributed by atoms with Crippen molar-refractivity contribution >= 4 is 29.0 Å². The van der Waals surface area contributed by atoms with E-state index in [4.69, 9.17) is 27.9 Å². The van der Waals surface area contributed by atoms with Crippen LogP contribution >= 0.6 is 23.2 Å². The van der Waals surface area contributed by atoms with E-state index < -0.39 is 0 Å². The predicted molar refractivity (Wildman–Crippen MR) is 81.7 cm³/mol. The Kier molecular flexibility index (Phi) is 6.30. The van der Waals surface area contributed by atoms with E-state index in [9.17, 15) is 4.79 Å². The summed E-state index contributed by atoms with van der Waals surface area (Å²) in [5.74, 6) is 0.294. The van der Waals surface area contributed by atoms with E-state index in [1.165, 1.54) is 0 Å². The molecule has 110 valence electrons. The van der Waals surface area contributed by atoms with Crippen LogP contribution in [-0.4, -0.2) is 43.5 Å². The number of hydrogen-bond acceptors (Lipinski definition) is 3. The van der Waals surface area contributed by atoms with E-state index in [0.717, 1.165) is 44.8 Å². The minimum atomic E-state index is 0.294. The molecule has 5 heteroatoms. The summed E-state index contributed by atoms with van der Waals surface area (Å²) in [5, 5.41) is 1.10. The lowest BCUT2D eigenvalue weighted by Gasteiger charge is -2.26. The minimum Gasteiger partial charge on any atom is -0.379 e. The largest absolute Gasteiger partial charge is 0.379 e. The van der Waals surface area contributed by atoms with Crippen molar-refractivity contribution < 1.29 is 9.53 Å². The van der Waals surface area contributed by atoms with Gasteiger partial charge in [-0.1, -0.05) is 29.3 Å². The van der Waals surface area contributed by atoms with E-state index in [0.29, 0.717) is 28.7 Å². The first kappa shape index (κ1) is 15.8. The Labute approximate surface area is 129 Å². The molecule has 1 aliphatic heterocycles. The Morgan fingerprint density at radius 2 is 1.90 bits per heavy atom. The number of rotatable bonds is 6. The van der Waals surface area contributed by atoms with E-state index in [1.54, 1.807) is 6.07 Å². The number of ketones is 1. The topological polar surface area (TPSA) is 29.5 Å². The van der Waals surface area contributed by atoms with Crippen molar-refractivity contribution in [3.8, 4) is 0 Å². The standard InChI is InChI=1S/C15H19Cl2NO2/c16-14-4-2-12(11-15(14)17)1-3-13(19)5-6-18-7-9-20-10-8-18/h2,4,11H,1,3,5-10H2. The highest BCUT2D eigenvalue weighted by Gasteiger charge is 2.12. The molecule has 0 spiro atoms. The van der Waals surface area contributed by atoms with Gasteiger partial charge in [-0.3, -0.25) is 9.69 Å². The van der Waals surface area contributed by atoms with Crippen LogP contribution in [0.25, 0.3) is 0 Å². The summed E-state index contributed by atoms with van der Waals surface area (Å²) in [4.78, 5) is 14.2. The molecule has 2 rings (SSSR count). The lowest BCUT2D eigenvalue weighted by Crippen LogP contribution is -2.37. The van der Waals surface area contributed by atoms with Crippen molar-refractivity contribution in [2.24, 2.45) is 0 Å². The number of benzene rings is 1. The number of morpholine rings is 1. The molecule has 0 saturated carbocycles. The molecule has 0 aliphatic carbocycles. The molecule has 1 heterocycles. The lowest BCUT2D eigenvalue weighted by atomic mass is 10.1. The summed E-state index contributed by atoms with van der Waals surface area (Å²) in [6, 6.07) is 5.53. The Bertz CT molecular complexity index is 459. The first-order valence-electron chi connectivity index (χ1n) is 6.91. The first-order valence-corrected chi connectivity index (χ1v) is 7.66. The Hall–Kier alpha value is -0.610. The maximum Gasteiger partial charge on any atom is 0.134 e. The molecule has 0 unspecified atom stereocenters. The second-order valence-corrected chi connectivity index (χ2v) is 5.81. The summed E-state index contributed by atoms with van der Waals surface area (Å²) in [6.07, 6.45) is 1.89. The van der Waals surface area contributed by atoms with Crippen LogP contribution in [-0.2, 0) is 16.0 Å². The van der Waals surface area contributed by atoms with Crippen molar-refractivity contribution in [1.29, 1.82) is 0 Å². The highest BCUT2D eigenvalue weighted by molar-refractivity contribution is 6.42. The smallest absolute Gasteiger partial charge is 0.134 e. The van der Waals surface area contributed by atoms with Gasteiger partial charge in [0.05, 0.1) is 23.3 Å². The molecule has 0 amide bonds. The number of halogens is 2. The Morgan fingerprint density at radius 1 is 1.15 bits per heavy atom. The summed E-state index contributed by atoms with van der Waals surface area (Å²) in [6.45, 7) is 4.25. The number of aryl methyl sites for hydroxylation is 1. The lowest BCUT2D eigenvalue weighted by molar-refractivity contribution is -0.119. The zero-order valence-electron chi connectivity index (χ0n) is 11.4. The average Bonchev–Trinajstić information content (AvgIpc) is 2.47. The van der Waals surface area contributed by atoms with Gasteiger partial charge in [-0.2, -0.15) is 0 Å². The van der Waals surface area contributed by atoms with Crippen LogP contribution < -0.4 is 0 Å². The van der Waals surface area contributed by atoms with Gasteiger partial charge in [0, 0.05) is 32.5 Å². The summed E-state index contributed by atoms with van der Waals surface area (Å²) in [7, 11) is 0. The SMILES string of the molecule is O=C(CCc1ccc(Cl)c(Cl)c1)CCN1CCOCC1. The molecule has 3 nitrogen and oxygen atoms in total. The Balaban J connectivity index is 1.70. The molecule has 0 atom stereocenters. The molecule has 1 saturated heterocycles. The van der Waals surface area contributed by atoms with Gasteiger partial charge < -0.3 is 4.74 Å². The molecule has 0 bridgehead atoms. The van der Waals surface area contributed by atoms with Crippen LogP contribution in [0.3, 0.4) is 0 Å². The fourth-order valence-corrected chi connectivity index (χ4v) is 2.53. The molecule has 20 heavy (non-hydrogen) atoms. The maximum absolute atomic E-state index is 11.9. The van der Waals surface area contributed by atoms with Crippen LogP contribution in [0.1, 0.15) is 18.4 Å².